The van der Waals surface area contributed by atoms with Crippen LogP contribution in [0.4, 0.5) is 5.69 Å². The smallest absolute Gasteiger partial charge is 0.125 e. The first-order valence-electron chi connectivity index (χ1n) is 6.21. The number of furan rings is 1. The Balaban J connectivity index is 1.72. The zero-order chi connectivity index (χ0) is 11.7. The van der Waals surface area contributed by atoms with Crippen LogP contribution in [0.1, 0.15) is 28.9 Å². The van der Waals surface area contributed by atoms with Crippen LogP contribution in [-0.4, -0.2) is 0 Å². The van der Waals surface area contributed by atoms with Crippen molar-refractivity contribution in [2.24, 2.45) is 0 Å². The van der Waals surface area contributed by atoms with Gasteiger partial charge in [-0.1, -0.05) is 6.07 Å². The van der Waals surface area contributed by atoms with Crippen LogP contribution in [0, 0.1) is 6.92 Å². The van der Waals surface area contributed by atoms with Crippen LogP contribution in [-0.2, 0) is 19.4 Å². The fourth-order valence-electron chi connectivity index (χ4n) is 2.45. The lowest BCUT2D eigenvalue weighted by Crippen LogP contribution is -2.00. The summed E-state index contributed by atoms with van der Waals surface area (Å²) in [5.41, 5.74) is 5.43. The third kappa shape index (κ3) is 2.07. The van der Waals surface area contributed by atoms with Crippen molar-refractivity contribution in [3.63, 3.8) is 0 Å². The van der Waals surface area contributed by atoms with Crippen molar-refractivity contribution in [2.45, 2.75) is 32.7 Å². The maximum absolute atomic E-state index is 5.42. The number of benzene rings is 1. The van der Waals surface area contributed by atoms with E-state index in [0.29, 0.717) is 0 Å². The van der Waals surface area contributed by atoms with Crippen LogP contribution < -0.4 is 5.32 Å². The first-order chi connectivity index (χ1) is 8.33. The molecule has 0 fully saturated rings. The fraction of sp³-hybridized carbons (Fsp3) is 0.333. The van der Waals surface area contributed by atoms with E-state index in [1.54, 1.807) is 6.26 Å². The van der Waals surface area contributed by atoms with Gasteiger partial charge < -0.3 is 9.73 Å². The molecule has 0 atom stereocenters. The first-order valence-corrected chi connectivity index (χ1v) is 6.21. The maximum atomic E-state index is 5.42. The highest BCUT2D eigenvalue weighted by Crippen LogP contribution is 2.25. The fourth-order valence-corrected chi connectivity index (χ4v) is 2.45. The lowest BCUT2D eigenvalue weighted by atomic mass is 10.1. The standard InChI is InChI=1S/C15H17NO/c1-11-7-8-17-15(11)10-16-14-6-5-12-3-2-4-13(12)9-14/h5-9,16H,2-4,10H2,1H3. The molecule has 0 amide bonds. The second-order valence-electron chi connectivity index (χ2n) is 4.72. The van der Waals surface area contributed by atoms with Gasteiger partial charge in [0, 0.05) is 5.69 Å². The normalized spacial score (nSPS) is 13.7. The number of aryl methyl sites for hydroxylation is 3. The average molecular weight is 227 g/mol. The van der Waals surface area contributed by atoms with Gasteiger partial charge in [0.15, 0.2) is 0 Å². The van der Waals surface area contributed by atoms with E-state index in [0.717, 1.165) is 12.3 Å². The Bertz CT molecular complexity index is 527. The van der Waals surface area contributed by atoms with E-state index >= 15 is 0 Å². The summed E-state index contributed by atoms with van der Waals surface area (Å²) in [5.74, 6) is 1.02. The predicted molar refractivity (Wildman–Crippen MR) is 69.2 cm³/mol. The molecule has 2 heteroatoms. The lowest BCUT2D eigenvalue weighted by Gasteiger charge is -2.07. The van der Waals surface area contributed by atoms with Gasteiger partial charge >= 0.3 is 0 Å². The molecule has 88 valence electrons. The highest BCUT2D eigenvalue weighted by Gasteiger charge is 2.10. The molecule has 0 unspecified atom stereocenters. The van der Waals surface area contributed by atoms with E-state index in [9.17, 15) is 0 Å². The highest BCUT2D eigenvalue weighted by molar-refractivity contribution is 5.50. The number of fused-ring (bicyclic) bond motifs is 1. The quantitative estimate of drug-likeness (QED) is 0.865. The van der Waals surface area contributed by atoms with Gasteiger partial charge in [0.2, 0.25) is 0 Å². The molecular formula is C15H17NO. The summed E-state index contributed by atoms with van der Waals surface area (Å²) in [4.78, 5) is 0. The molecule has 1 aliphatic carbocycles. The number of rotatable bonds is 3. The molecule has 2 aromatic rings. The van der Waals surface area contributed by atoms with Crippen molar-refractivity contribution < 1.29 is 4.42 Å². The van der Waals surface area contributed by atoms with E-state index < -0.39 is 0 Å². The van der Waals surface area contributed by atoms with Crippen LogP contribution in [0.2, 0.25) is 0 Å². The predicted octanol–water partition coefficient (Wildman–Crippen LogP) is 3.69. The number of nitrogens with one attached hydrogen (secondary N) is 1. The van der Waals surface area contributed by atoms with Crippen molar-refractivity contribution in [1.82, 2.24) is 0 Å². The molecule has 1 heterocycles. The van der Waals surface area contributed by atoms with Crippen LogP contribution in [0.5, 0.6) is 0 Å². The van der Waals surface area contributed by atoms with Crippen LogP contribution >= 0.6 is 0 Å². The van der Waals surface area contributed by atoms with E-state index in [4.69, 9.17) is 4.42 Å². The molecular weight excluding hydrogens is 210 g/mol. The zero-order valence-corrected chi connectivity index (χ0v) is 10.1. The molecule has 1 aliphatic rings. The van der Waals surface area contributed by atoms with Crippen LogP contribution in [0.3, 0.4) is 0 Å². The number of anilines is 1. The van der Waals surface area contributed by atoms with Gasteiger partial charge in [0.05, 0.1) is 12.8 Å². The molecule has 0 saturated carbocycles. The summed E-state index contributed by atoms with van der Waals surface area (Å²) in [6.07, 6.45) is 5.52. The van der Waals surface area contributed by atoms with Gasteiger partial charge in [-0.25, -0.2) is 0 Å². The van der Waals surface area contributed by atoms with Gasteiger partial charge in [-0.15, -0.1) is 0 Å². The SMILES string of the molecule is Cc1ccoc1CNc1ccc2c(c1)CCC2. The van der Waals surface area contributed by atoms with Crippen molar-refractivity contribution in [3.05, 3.63) is 53.0 Å². The monoisotopic (exact) mass is 227 g/mol. The Morgan fingerprint density at radius 3 is 2.88 bits per heavy atom. The molecule has 1 aromatic carbocycles. The summed E-state index contributed by atoms with van der Waals surface area (Å²) < 4.78 is 5.42. The van der Waals surface area contributed by atoms with E-state index in [-0.39, 0.29) is 0 Å². The van der Waals surface area contributed by atoms with Crippen molar-refractivity contribution >= 4 is 5.69 Å². The topological polar surface area (TPSA) is 25.2 Å². The maximum Gasteiger partial charge on any atom is 0.125 e. The molecule has 3 rings (SSSR count). The average Bonchev–Trinajstić information content (AvgIpc) is 2.94. The van der Waals surface area contributed by atoms with E-state index in [1.807, 2.05) is 6.07 Å². The molecule has 0 aliphatic heterocycles. The van der Waals surface area contributed by atoms with Crippen molar-refractivity contribution in [3.8, 4) is 0 Å². The molecule has 1 N–H and O–H groups in total. The largest absolute Gasteiger partial charge is 0.467 e. The lowest BCUT2D eigenvalue weighted by molar-refractivity contribution is 0.515. The first kappa shape index (κ1) is 10.5. The molecule has 0 radical (unpaired) electrons. The minimum absolute atomic E-state index is 0.762. The molecule has 0 saturated heterocycles. The van der Waals surface area contributed by atoms with Crippen molar-refractivity contribution in [2.75, 3.05) is 5.32 Å². The second kappa shape index (κ2) is 4.28. The summed E-state index contributed by atoms with van der Waals surface area (Å²) in [5, 5.41) is 3.42. The molecule has 0 spiro atoms. The third-order valence-corrected chi connectivity index (χ3v) is 3.52. The summed E-state index contributed by atoms with van der Waals surface area (Å²) >= 11 is 0. The van der Waals surface area contributed by atoms with Gasteiger partial charge in [0.1, 0.15) is 5.76 Å². The molecule has 1 aromatic heterocycles. The minimum Gasteiger partial charge on any atom is -0.467 e. The van der Waals surface area contributed by atoms with Crippen LogP contribution in [0.15, 0.2) is 34.9 Å². The Labute approximate surface area is 102 Å². The second-order valence-corrected chi connectivity index (χ2v) is 4.72. The number of hydrogen-bond acceptors (Lipinski definition) is 2. The molecule has 0 bridgehead atoms. The molecule has 2 nitrogen and oxygen atoms in total. The minimum atomic E-state index is 0.762. The van der Waals surface area contributed by atoms with Gasteiger partial charge in [-0.3, -0.25) is 0 Å². The Hall–Kier alpha value is -1.70. The third-order valence-electron chi connectivity index (χ3n) is 3.52. The highest BCUT2D eigenvalue weighted by atomic mass is 16.3. The van der Waals surface area contributed by atoms with Gasteiger partial charge in [-0.2, -0.15) is 0 Å². The van der Waals surface area contributed by atoms with Crippen molar-refractivity contribution in [1.29, 1.82) is 0 Å². The summed E-state index contributed by atoms with van der Waals surface area (Å²) in [6.45, 7) is 2.83. The Morgan fingerprint density at radius 1 is 1.18 bits per heavy atom. The number of hydrogen-bond donors (Lipinski definition) is 1. The van der Waals surface area contributed by atoms with E-state index in [2.05, 4.69) is 30.4 Å². The Kier molecular flexibility index (Phi) is 2.63. The summed E-state index contributed by atoms with van der Waals surface area (Å²) in [7, 11) is 0. The van der Waals surface area contributed by atoms with Crippen LogP contribution in [0.25, 0.3) is 0 Å². The van der Waals surface area contributed by atoms with Gasteiger partial charge in [0.25, 0.3) is 0 Å². The molecule has 17 heavy (non-hydrogen) atoms. The zero-order valence-electron chi connectivity index (χ0n) is 10.1. The Morgan fingerprint density at radius 2 is 2.06 bits per heavy atom. The van der Waals surface area contributed by atoms with Gasteiger partial charge in [-0.05, 0) is 61.1 Å². The summed E-state index contributed by atoms with van der Waals surface area (Å²) in [6, 6.07) is 8.70. The van der Waals surface area contributed by atoms with E-state index in [1.165, 1.54) is 41.6 Å².